The maximum Gasteiger partial charge on any atom is 0.335 e. The third kappa shape index (κ3) is 2.57. The number of methoxy groups -OCH3 is 1. The Kier molecular flexibility index (Phi) is 3.86. The molecule has 0 spiro atoms. The molecule has 0 amide bonds. The normalized spacial score (nSPS) is 22.3. The molecule has 0 unspecified atom stereocenters. The standard InChI is InChI=1S/C13H21NO2/c1-16-13(15)11-8-4-5-9-12(11)14-10-6-2-3-7-10/h10,14H,2-9H2,1H3. The fourth-order valence-corrected chi connectivity index (χ4v) is 2.73. The van der Waals surface area contributed by atoms with Gasteiger partial charge in [0.15, 0.2) is 0 Å². The van der Waals surface area contributed by atoms with Crippen LogP contribution in [0.1, 0.15) is 51.4 Å². The topological polar surface area (TPSA) is 38.3 Å². The van der Waals surface area contributed by atoms with E-state index in [1.165, 1.54) is 39.2 Å². The van der Waals surface area contributed by atoms with Crippen molar-refractivity contribution in [3.63, 3.8) is 0 Å². The maximum absolute atomic E-state index is 11.6. The molecule has 0 radical (unpaired) electrons. The van der Waals surface area contributed by atoms with Gasteiger partial charge in [-0.1, -0.05) is 12.8 Å². The molecule has 16 heavy (non-hydrogen) atoms. The zero-order valence-electron chi connectivity index (χ0n) is 10.1. The van der Waals surface area contributed by atoms with Gasteiger partial charge in [0.25, 0.3) is 0 Å². The summed E-state index contributed by atoms with van der Waals surface area (Å²) < 4.78 is 4.85. The quantitative estimate of drug-likeness (QED) is 0.747. The second kappa shape index (κ2) is 5.37. The Morgan fingerprint density at radius 1 is 1.19 bits per heavy atom. The number of ether oxygens (including phenoxy) is 1. The van der Waals surface area contributed by atoms with Crippen molar-refractivity contribution >= 4 is 5.97 Å². The summed E-state index contributed by atoms with van der Waals surface area (Å²) in [6.45, 7) is 0. The molecule has 0 aromatic rings. The van der Waals surface area contributed by atoms with E-state index in [1.807, 2.05) is 0 Å². The van der Waals surface area contributed by atoms with E-state index in [-0.39, 0.29) is 5.97 Å². The summed E-state index contributed by atoms with van der Waals surface area (Å²) in [4.78, 5) is 11.6. The molecule has 2 aliphatic rings. The van der Waals surface area contributed by atoms with Gasteiger partial charge in [0.1, 0.15) is 0 Å². The molecular weight excluding hydrogens is 202 g/mol. The van der Waals surface area contributed by atoms with Crippen molar-refractivity contribution in [1.29, 1.82) is 0 Å². The van der Waals surface area contributed by atoms with Crippen molar-refractivity contribution in [2.24, 2.45) is 0 Å². The molecule has 0 saturated heterocycles. The molecule has 0 aromatic carbocycles. The van der Waals surface area contributed by atoms with Crippen LogP contribution in [0.15, 0.2) is 11.3 Å². The Morgan fingerprint density at radius 3 is 2.56 bits per heavy atom. The molecule has 0 heterocycles. The average Bonchev–Trinajstić information content (AvgIpc) is 2.82. The van der Waals surface area contributed by atoms with Gasteiger partial charge in [0, 0.05) is 11.7 Å². The smallest absolute Gasteiger partial charge is 0.335 e. The van der Waals surface area contributed by atoms with Crippen LogP contribution in [0.2, 0.25) is 0 Å². The highest BCUT2D eigenvalue weighted by Crippen LogP contribution is 2.27. The van der Waals surface area contributed by atoms with Gasteiger partial charge in [0.2, 0.25) is 0 Å². The van der Waals surface area contributed by atoms with E-state index in [9.17, 15) is 4.79 Å². The molecule has 2 rings (SSSR count). The Hall–Kier alpha value is -0.990. The first-order valence-electron chi connectivity index (χ1n) is 6.38. The van der Waals surface area contributed by atoms with Gasteiger partial charge >= 0.3 is 5.97 Å². The van der Waals surface area contributed by atoms with Gasteiger partial charge in [-0.25, -0.2) is 4.79 Å². The van der Waals surface area contributed by atoms with E-state index in [1.54, 1.807) is 0 Å². The van der Waals surface area contributed by atoms with Crippen molar-refractivity contribution < 1.29 is 9.53 Å². The first-order chi connectivity index (χ1) is 7.81. The number of allylic oxidation sites excluding steroid dienone is 1. The van der Waals surface area contributed by atoms with Crippen LogP contribution in [0.5, 0.6) is 0 Å². The summed E-state index contributed by atoms with van der Waals surface area (Å²) in [5.41, 5.74) is 2.05. The van der Waals surface area contributed by atoms with E-state index >= 15 is 0 Å². The summed E-state index contributed by atoms with van der Waals surface area (Å²) >= 11 is 0. The lowest BCUT2D eigenvalue weighted by molar-refractivity contribution is -0.136. The van der Waals surface area contributed by atoms with Crippen LogP contribution in [-0.2, 0) is 9.53 Å². The van der Waals surface area contributed by atoms with Gasteiger partial charge in [0.05, 0.1) is 12.7 Å². The molecule has 0 atom stereocenters. The second-order valence-corrected chi connectivity index (χ2v) is 4.78. The maximum atomic E-state index is 11.6. The molecule has 2 aliphatic carbocycles. The number of hydrogen-bond donors (Lipinski definition) is 1. The van der Waals surface area contributed by atoms with E-state index < -0.39 is 0 Å². The zero-order valence-corrected chi connectivity index (χ0v) is 10.1. The SMILES string of the molecule is COC(=O)C1=C(NC2CCCC2)CCCC1. The van der Waals surface area contributed by atoms with Gasteiger partial charge in [-0.3, -0.25) is 0 Å². The average molecular weight is 223 g/mol. The van der Waals surface area contributed by atoms with Crippen LogP contribution < -0.4 is 5.32 Å². The van der Waals surface area contributed by atoms with Gasteiger partial charge in [-0.05, 0) is 38.5 Å². The fourth-order valence-electron chi connectivity index (χ4n) is 2.73. The molecule has 0 aromatic heterocycles. The lowest BCUT2D eigenvalue weighted by Gasteiger charge is -2.23. The van der Waals surface area contributed by atoms with Crippen LogP contribution in [0.4, 0.5) is 0 Å². The van der Waals surface area contributed by atoms with Crippen LogP contribution in [0.3, 0.4) is 0 Å². The molecule has 0 aliphatic heterocycles. The predicted octanol–water partition coefficient (Wildman–Crippen LogP) is 2.52. The highest BCUT2D eigenvalue weighted by atomic mass is 16.5. The summed E-state index contributed by atoms with van der Waals surface area (Å²) in [7, 11) is 1.47. The molecule has 90 valence electrons. The molecule has 1 N–H and O–H groups in total. The minimum atomic E-state index is -0.139. The Morgan fingerprint density at radius 2 is 1.88 bits per heavy atom. The molecule has 3 heteroatoms. The van der Waals surface area contributed by atoms with Crippen molar-refractivity contribution in [2.75, 3.05) is 7.11 Å². The van der Waals surface area contributed by atoms with Gasteiger partial charge in [-0.2, -0.15) is 0 Å². The third-order valence-corrected chi connectivity index (χ3v) is 3.63. The third-order valence-electron chi connectivity index (χ3n) is 3.63. The number of carbonyl (C=O) groups excluding carboxylic acids is 1. The predicted molar refractivity (Wildman–Crippen MR) is 62.9 cm³/mol. The van der Waals surface area contributed by atoms with Gasteiger partial charge in [-0.15, -0.1) is 0 Å². The molecule has 3 nitrogen and oxygen atoms in total. The van der Waals surface area contributed by atoms with Gasteiger partial charge < -0.3 is 10.1 Å². The first-order valence-corrected chi connectivity index (χ1v) is 6.38. The Bertz CT molecular complexity index is 290. The van der Waals surface area contributed by atoms with Crippen LogP contribution >= 0.6 is 0 Å². The molecular formula is C13H21NO2. The minimum Gasteiger partial charge on any atom is -0.466 e. The summed E-state index contributed by atoms with van der Waals surface area (Å²) in [6.07, 6.45) is 9.32. The molecule has 1 saturated carbocycles. The van der Waals surface area contributed by atoms with Crippen LogP contribution in [0.25, 0.3) is 0 Å². The Balaban J connectivity index is 2.06. The minimum absolute atomic E-state index is 0.139. The number of carbonyl (C=O) groups is 1. The monoisotopic (exact) mass is 223 g/mol. The van der Waals surface area contributed by atoms with Crippen molar-refractivity contribution in [3.05, 3.63) is 11.3 Å². The lowest BCUT2D eigenvalue weighted by atomic mass is 9.95. The highest BCUT2D eigenvalue weighted by molar-refractivity contribution is 5.89. The second-order valence-electron chi connectivity index (χ2n) is 4.78. The van der Waals surface area contributed by atoms with Crippen molar-refractivity contribution in [3.8, 4) is 0 Å². The van der Waals surface area contributed by atoms with Crippen LogP contribution in [-0.4, -0.2) is 19.1 Å². The Labute approximate surface area is 97.2 Å². The van der Waals surface area contributed by atoms with E-state index in [0.29, 0.717) is 6.04 Å². The number of nitrogens with one attached hydrogen (secondary N) is 1. The summed E-state index contributed by atoms with van der Waals surface area (Å²) in [5.74, 6) is -0.139. The van der Waals surface area contributed by atoms with Crippen molar-refractivity contribution in [1.82, 2.24) is 5.32 Å². The largest absolute Gasteiger partial charge is 0.466 e. The highest BCUT2D eigenvalue weighted by Gasteiger charge is 2.23. The number of rotatable bonds is 3. The lowest BCUT2D eigenvalue weighted by Crippen LogP contribution is -2.29. The van der Waals surface area contributed by atoms with E-state index in [4.69, 9.17) is 4.74 Å². The number of hydrogen-bond acceptors (Lipinski definition) is 3. The van der Waals surface area contributed by atoms with Crippen molar-refractivity contribution in [2.45, 2.75) is 57.4 Å². The summed E-state index contributed by atoms with van der Waals surface area (Å²) in [5, 5.41) is 3.56. The molecule has 1 fully saturated rings. The first kappa shape index (κ1) is 11.5. The van der Waals surface area contributed by atoms with E-state index in [0.717, 1.165) is 30.5 Å². The summed E-state index contributed by atoms with van der Waals surface area (Å²) in [6, 6.07) is 0.591. The zero-order chi connectivity index (χ0) is 11.4. The van der Waals surface area contributed by atoms with Crippen LogP contribution in [0, 0.1) is 0 Å². The number of esters is 1. The fraction of sp³-hybridized carbons (Fsp3) is 0.769. The van der Waals surface area contributed by atoms with E-state index in [2.05, 4.69) is 5.32 Å². The molecule has 0 bridgehead atoms.